The van der Waals surface area contributed by atoms with Gasteiger partial charge in [-0.2, -0.15) is 0 Å². The van der Waals surface area contributed by atoms with Gasteiger partial charge in [0.25, 0.3) is 5.91 Å². The van der Waals surface area contributed by atoms with Gasteiger partial charge in [-0.1, -0.05) is 6.92 Å². The molecular weight excluding hydrogens is 252 g/mol. The van der Waals surface area contributed by atoms with Gasteiger partial charge in [0.15, 0.2) is 0 Å². The summed E-state index contributed by atoms with van der Waals surface area (Å²) in [7, 11) is 0. The van der Waals surface area contributed by atoms with Crippen molar-refractivity contribution in [1.82, 2.24) is 4.90 Å². The summed E-state index contributed by atoms with van der Waals surface area (Å²) in [5.41, 5.74) is 1.14. The van der Waals surface area contributed by atoms with Crippen LogP contribution in [0.25, 0.3) is 0 Å². The number of anilines is 1. The van der Waals surface area contributed by atoms with E-state index in [4.69, 9.17) is 0 Å². The van der Waals surface area contributed by atoms with E-state index in [0.717, 1.165) is 18.7 Å². The van der Waals surface area contributed by atoms with Crippen LogP contribution >= 0.6 is 0 Å². The highest BCUT2D eigenvalue weighted by atomic mass is 16.3. The molecule has 1 aromatic carbocycles. The number of hydrogen-bond donors (Lipinski definition) is 2. The molecule has 4 heteroatoms. The van der Waals surface area contributed by atoms with Crippen LogP contribution in [0, 0.1) is 0 Å². The Morgan fingerprint density at radius 1 is 1.30 bits per heavy atom. The van der Waals surface area contributed by atoms with Gasteiger partial charge in [-0.25, -0.2) is 0 Å². The van der Waals surface area contributed by atoms with Gasteiger partial charge in [-0.15, -0.1) is 0 Å². The summed E-state index contributed by atoms with van der Waals surface area (Å²) in [6, 6.07) is 7.63. The van der Waals surface area contributed by atoms with Gasteiger partial charge >= 0.3 is 0 Å². The zero-order chi connectivity index (χ0) is 14.6. The molecule has 0 aromatic heterocycles. The lowest BCUT2D eigenvalue weighted by atomic mass is 9.93. The molecule has 4 nitrogen and oxygen atoms in total. The molecule has 1 aliphatic rings. The Hall–Kier alpha value is -1.55. The number of likely N-dealkylation sites (tertiary alicyclic amines) is 1. The van der Waals surface area contributed by atoms with Crippen molar-refractivity contribution in [2.75, 3.05) is 25.0 Å². The van der Waals surface area contributed by atoms with Crippen LogP contribution in [-0.2, 0) is 0 Å². The van der Waals surface area contributed by atoms with Gasteiger partial charge in [-0.3, -0.25) is 4.79 Å². The zero-order valence-electron chi connectivity index (χ0n) is 12.4. The van der Waals surface area contributed by atoms with E-state index < -0.39 is 5.60 Å². The molecule has 2 rings (SSSR count). The average Bonchev–Trinajstić information content (AvgIpc) is 2.45. The van der Waals surface area contributed by atoms with E-state index >= 15 is 0 Å². The lowest BCUT2D eigenvalue weighted by Crippen LogP contribution is -2.45. The number of rotatable bonds is 4. The molecule has 0 spiro atoms. The molecule has 1 aromatic rings. The van der Waals surface area contributed by atoms with Crippen molar-refractivity contribution >= 4 is 11.6 Å². The van der Waals surface area contributed by atoms with Gasteiger partial charge in [-0.05, 0) is 50.5 Å². The fourth-order valence-corrected chi connectivity index (χ4v) is 2.37. The van der Waals surface area contributed by atoms with Crippen molar-refractivity contribution in [3.05, 3.63) is 29.8 Å². The normalized spacial score (nSPS) is 17.9. The standard InChI is InChI=1S/C16H24N2O2/c1-3-10-17-14-6-4-13(5-7-14)15(19)18-11-8-16(2,20)9-12-18/h4-7,17,20H,3,8-12H2,1-2H3. The second-order valence-corrected chi connectivity index (χ2v) is 5.79. The molecule has 1 aliphatic heterocycles. The lowest BCUT2D eigenvalue weighted by molar-refractivity contribution is -0.00202. The van der Waals surface area contributed by atoms with Gasteiger partial charge in [0.05, 0.1) is 5.60 Å². The largest absolute Gasteiger partial charge is 0.390 e. The molecule has 20 heavy (non-hydrogen) atoms. The van der Waals surface area contributed by atoms with Crippen LogP contribution in [0.2, 0.25) is 0 Å². The topological polar surface area (TPSA) is 52.6 Å². The number of carbonyl (C=O) groups is 1. The highest BCUT2D eigenvalue weighted by Gasteiger charge is 2.29. The van der Waals surface area contributed by atoms with Gasteiger partial charge in [0.2, 0.25) is 0 Å². The molecule has 1 amide bonds. The van der Waals surface area contributed by atoms with Crippen LogP contribution in [-0.4, -0.2) is 41.1 Å². The first kappa shape index (κ1) is 14.9. The summed E-state index contributed by atoms with van der Waals surface area (Å²) < 4.78 is 0. The number of hydrogen-bond acceptors (Lipinski definition) is 3. The molecule has 110 valence electrons. The maximum Gasteiger partial charge on any atom is 0.253 e. The summed E-state index contributed by atoms with van der Waals surface area (Å²) in [5, 5.41) is 13.2. The summed E-state index contributed by atoms with van der Waals surface area (Å²) in [6.07, 6.45) is 2.37. The maximum atomic E-state index is 12.4. The number of aliphatic hydroxyl groups is 1. The Morgan fingerprint density at radius 2 is 1.90 bits per heavy atom. The first-order valence-corrected chi connectivity index (χ1v) is 7.37. The molecule has 2 N–H and O–H groups in total. The second kappa shape index (κ2) is 6.27. The SMILES string of the molecule is CCCNc1ccc(C(=O)N2CCC(C)(O)CC2)cc1. The molecule has 0 radical (unpaired) electrons. The summed E-state index contributed by atoms with van der Waals surface area (Å²) in [5.74, 6) is 0.0579. The number of carbonyl (C=O) groups excluding carboxylic acids is 1. The van der Waals surface area contributed by atoms with Gasteiger partial charge in [0.1, 0.15) is 0 Å². The molecule has 1 heterocycles. The minimum Gasteiger partial charge on any atom is -0.390 e. The predicted octanol–water partition coefficient (Wildman–Crippen LogP) is 2.50. The molecule has 0 saturated carbocycles. The molecular formula is C16H24N2O2. The number of benzene rings is 1. The predicted molar refractivity (Wildman–Crippen MR) is 81.0 cm³/mol. The Balaban J connectivity index is 1.96. The van der Waals surface area contributed by atoms with Crippen molar-refractivity contribution in [2.24, 2.45) is 0 Å². The highest BCUT2D eigenvalue weighted by Crippen LogP contribution is 2.22. The van der Waals surface area contributed by atoms with Crippen LogP contribution in [0.5, 0.6) is 0 Å². The summed E-state index contributed by atoms with van der Waals surface area (Å²) in [6.45, 7) is 6.15. The number of nitrogens with zero attached hydrogens (tertiary/aromatic N) is 1. The minimum atomic E-state index is -0.620. The monoisotopic (exact) mass is 276 g/mol. The molecule has 1 fully saturated rings. The van der Waals surface area contributed by atoms with E-state index in [1.165, 1.54) is 0 Å². The van der Waals surface area contributed by atoms with Crippen LogP contribution in [0.1, 0.15) is 43.5 Å². The fraction of sp³-hybridized carbons (Fsp3) is 0.562. The third kappa shape index (κ3) is 3.73. The van der Waals surface area contributed by atoms with Crippen LogP contribution in [0.4, 0.5) is 5.69 Å². The van der Waals surface area contributed by atoms with Crippen LogP contribution in [0.15, 0.2) is 24.3 Å². The number of amides is 1. The Morgan fingerprint density at radius 3 is 2.45 bits per heavy atom. The maximum absolute atomic E-state index is 12.4. The third-order valence-electron chi connectivity index (χ3n) is 3.84. The van der Waals surface area contributed by atoms with Crippen molar-refractivity contribution in [3.63, 3.8) is 0 Å². The molecule has 0 unspecified atom stereocenters. The van der Waals surface area contributed by atoms with E-state index in [0.29, 0.717) is 31.5 Å². The molecule has 0 atom stereocenters. The number of piperidine rings is 1. The smallest absolute Gasteiger partial charge is 0.253 e. The Bertz CT molecular complexity index is 444. The zero-order valence-corrected chi connectivity index (χ0v) is 12.4. The first-order chi connectivity index (χ1) is 9.52. The first-order valence-electron chi connectivity index (χ1n) is 7.37. The van der Waals surface area contributed by atoms with E-state index in [9.17, 15) is 9.90 Å². The van der Waals surface area contributed by atoms with Gasteiger partial charge in [0, 0.05) is 30.9 Å². The van der Waals surface area contributed by atoms with Crippen molar-refractivity contribution < 1.29 is 9.90 Å². The van der Waals surface area contributed by atoms with Crippen molar-refractivity contribution in [1.29, 1.82) is 0 Å². The second-order valence-electron chi connectivity index (χ2n) is 5.79. The van der Waals surface area contributed by atoms with E-state index in [2.05, 4.69) is 12.2 Å². The van der Waals surface area contributed by atoms with Gasteiger partial charge < -0.3 is 15.3 Å². The highest BCUT2D eigenvalue weighted by molar-refractivity contribution is 5.94. The van der Waals surface area contributed by atoms with Crippen molar-refractivity contribution in [3.8, 4) is 0 Å². The average molecular weight is 276 g/mol. The minimum absolute atomic E-state index is 0.0579. The Labute approximate surface area is 120 Å². The third-order valence-corrected chi connectivity index (χ3v) is 3.84. The quantitative estimate of drug-likeness (QED) is 0.888. The van der Waals surface area contributed by atoms with Crippen LogP contribution in [0.3, 0.4) is 0 Å². The molecule has 1 saturated heterocycles. The van der Waals surface area contributed by atoms with Crippen LogP contribution < -0.4 is 5.32 Å². The number of nitrogens with one attached hydrogen (secondary N) is 1. The van der Waals surface area contributed by atoms with E-state index in [1.54, 1.807) is 0 Å². The molecule has 0 aliphatic carbocycles. The molecule has 0 bridgehead atoms. The van der Waals surface area contributed by atoms with E-state index in [-0.39, 0.29) is 5.91 Å². The lowest BCUT2D eigenvalue weighted by Gasteiger charge is -2.35. The summed E-state index contributed by atoms with van der Waals surface area (Å²) >= 11 is 0. The Kier molecular flexibility index (Phi) is 4.65. The van der Waals surface area contributed by atoms with Crippen molar-refractivity contribution in [2.45, 2.75) is 38.7 Å². The fourth-order valence-electron chi connectivity index (χ4n) is 2.37. The van der Waals surface area contributed by atoms with E-state index in [1.807, 2.05) is 36.1 Å². The summed E-state index contributed by atoms with van der Waals surface area (Å²) in [4.78, 5) is 14.2.